The van der Waals surface area contributed by atoms with Gasteiger partial charge in [-0.2, -0.15) is 0 Å². The fourth-order valence-electron chi connectivity index (χ4n) is 1.18. The lowest BCUT2D eigenvalue weighted by atomic mass is 10.3. The zero-order valence-corrected chi connectivity index (χ0v) is 9.71. The first kappa shape index (κ1) is 10.8. The van der Waals surface area contributed by atoms with Crippen LogP contribution in [0.5, 0.6) is 22.3 Å². The molecular formula is C11H10NO3S. The first-order chi connectivity index (χ1) is 7.81. The molecule has 0 saturated heterocycles. The van der Waals surface area contributed by atoms with Crippen molar-refractivity contribution in [3.8, 4) is 22.3 Å². The van der Waals surface area contributed by atoms with E-state index in [2.05, 4.69) is 10.5 Å². The Kier molecular flexibility index (Phi) is 3.26. The average Bonchev–Trinajstić information content (AvgIpc) is 2.81. The minimum atomic E-state index is 0.647. The van der Waals surface area contributed by atoms with Crippen molar-refractivity contribution in [2.75, 3.05) is 14.2 Å². The van der Waals surface area contributed by atoms with E-state index >= 15 is 0 Å². The van der Waals surface area contributed by atoms with Gasteiger partial charge in [-0.3, -0.25) is 0 Å². The van der Waals surface area contributed by atoms with E-state index in [0.29, 0.717) is 22.3 Å². The van der Waals surface area contributed by atoms with E-state index in [0.717, 1.165) is 0 Å². The highest BCUT2D eigenvalue weighted by Crippen LogP contribution is 2.31. The van der Waals surface area contributed by atoms with Gasteiger partial charge in [-0.05, 0) is 0 Å². The second-order valence-electron chi connectivity index (χ2n) is 2.92. The van der Waals surface area contributed by atoms with Gasteiger partial charge in [0.25, 0.3) is 0 Å². The largest absolute Gasteiger partial charge is 0.496 e. The molecule has 16 heavy (non-hydrogen) atoms. The molecule has 2 aromatic rings. The fraction of sp³-hybridized carbons (Fsp3) is 0.182. The second kappa shape index (κ2) is 4.85. The highest BCUT2D eigenvalue weighted by atomic mass is 32.1. The van der Waals surface area contributed by atoms with Gasteiger partial charge in [0.2, 0.25) is 5.06 Å². The summed E-state index contributed by atoms with van der Waals surface area (Å²) in [4.78, 5) is 3.81. The molecule has 0 bridgehead atoms. The van der Waals surface area contributed by atoms with Crippen molar-refractivity contribution in [3.63, 3.8) is 0 Å². The third-order valence-electron chi connectivity index (χ3n) is 1.91. The Morgan fingerprint density at radius 1 is 1.06 bits per heavy atom. The Balaban J connectivity index is 2.26. The topological polar surface area (TPSA) is 40.6 Å². The van der Waals surface area contributed by atoms with Crippen LogP contribution in [-0.4, -0.2) is 19.2 Å². The number of ether oxygens (including phenoxy) is 3. The molecule has 0 saturated carbocycles. The Morgan fingerprint density at radius 3 is 2.19 bits per heavy atom. The second-order valence-corrected chi connectivity index (χ2v) is 3.71. The van der Waals surface area contributed by atoms with Gasteiger partial charge in [0, 0.05) is 18.2 Å². The third-order valence-corrected chi connectivity index (χ3v) is 2.50. The maximum absolute atomic E-state index is 5.57. The van der Waals surface area contributed by atoms with Crippen molar-refractivity contribution in [2.45, 2.75) is 0 Å². The van der Waals surface area contributed by atoms with Gasteiger partial charge in [0.15, 0.2) is 5.51 Å². The van der Waals surface area contributed by atoms with Crippen LogP contribution >= 0.6 is 11.3 Å². The molecule has 0 atom stereocenters. The fourth-order valence-corrected chi connectivity index (χ4v) is 1.62. The Labute approximate surface area is 97.4 Å². The van der Waals surface area contributed by atoms with E-state index in [-0.39, 0.29) is 0 Å². The van der Waals surface area contributed by atoms with Crippen LogP contribution in [0, 0.1) is 5.51 Å². The summed E-state index contributed by atoms with van der Waals surface area (Å²) in [6.45, 7) is 0. The first-order valence-corrected chi connectivity index (χ1v) is 5.36. The van der Waals surface area contributed by atoms with Crippen LogP contribution in [0.4, 0.5) is 0 Å². The van der Waals surface area contributed by atoms with Crippen LogP contribution in [0.25, 0.3) is 0 Å². The number of hydrogen-bond acceptors (Lipinski definition) is 5. The number of methoxy groups -OCH3 is 2. The van der Waals surface area contributed by atoms with Crippen molar-refractivity contribution in [1.29, 1.82) is 0 Å². The lowest BCUT2D eigenvalue weighted by Gasteiger charge is -2.08. The van der Waals surface area contributed by atoms with Crippen molar-refractivity contribution < 1.29 is 14.2 Å². The molecule has 0 unspecified atom stereocenters. The van der Waals surface area contributed by atoms with Crippen molar-refractivity contribution in [3.05, 3.63) is 29.9 Å². The number of hydrogen-bond donors (Lipinski definition) is 0. The van der Waals surface area contributed by atoms with Gasteiger partial charge in [-0.25, -0.2) is 4.98 Å². The zero-order valence-electron chi connectivity index (χ0n) is 8.89. The molecule has 0 aliphatic rings. The number of thiazole rings is 1. The predicted octanol–water partition coefficient (Wildman–Crippen LogP) is 2.75. The maximum atomic E-state index is 5.57. The molecule has 1 aromatic carbocycles. The Morgan fingerprint density at radius 2 is 1.69 bits per heavy atom. The van der Waals surface area contributed by atoms with Crippen LogP contribution in [0.3, 0.4) is 0 Å². The summed E-state index contributed by atoms with van der Waals surface area (Å²) in [5.41, 5.74) is 2.71. The monoisotopic (exact) mass is 236 g/mol. The smallest absolute Gasteiger partial charge is 0.201 e. The number of nitrogens with zero attached hydrogens (tertiary/aromatic N) is 1. The van der Waals surface area contributed by atoms with Crippen LogP contribution in [0.1, 0.15) is 0 Å². The molecule has 2 rings (SSSR count). The predicted molar refractivity (Wildman–Crippen MR) is 60.6 cm³/mol. The Bertz CT molecular complexity index is 434. The SMILES string of the molecule is COc1cc(OC)cc(Oc2cn[c]s2)c1. The quantitative estimate of drug-likeness (QED) is 0.818. The first-order valence-electron chi connectivity index (χ1n) is 4.54. The third kappa shape index (κ3) is 2.43. The minimum absolute atomic E-state index is 0.647. The normalized spacial score (nSPS) is 9.88. The number of aromatic nitrogens is 1. The van der Waals surface area contributed by atoms with Gasteiger partial charge in [0.1, 0.15) is 17.2 Å². The van der Waals surface area contributed by atoms with Crippen LogP contribution in [-0.2, 0) is 0 Å². The van der Waals surface area contributed by atoms with Crippen LogP contribution < -0.4 is 14.2 Å². The van der Waals surface area contributed by atoms with Gasteiger partial charge in [-0.15, -0.1) is 0 Å². The Hall–Kier alpha value is -1.75. The van der Waals surface area contributed by atoms with E-state index in [1.165, 1.54) is 11.3 Å². The summed E-state index contributed by atoms with van der Waals surface area (Å²) < 4.78 is 15.8. The van der Waals surface area contributed by atoms with E-state index in [9.17, 15) is 0 Å². The number of rotatable bonds is 4. The minimum Gasteiger partial charge on any atom is -0.496 e. The van der Waals surface area contributed by atoms with Crippen molar-refractivity contribution in [2.24, 2.45) is 0 Å². The zero-order chi connectivity index (χ0) is 11.4. The van der Waals surface area contributed by atoms with Gasteiger partial charge >= 0.3 is 0 Å². The maximum Gasteiger partial charge on any atom is 0.201 e. The van der Waals surface area contributed by atoms with E-state index in [4.69, 9.17) is 14.2 Å². The molecule has 0 aliphatic carbocycles. The van der Waals surface area contributed by atoms with Crippen LogP contribution in [0.2, 0.25) is 0 Å². The summed E-state index contributed by atoms with van der Waals surface area (Å²) >= 11 is 1.30. The molecule has 5 heteroatoms. The van der Waals surface area contributed by atoms with Crippen molar-refractivity contribution in [1.82, 2.24) is 4.98 Å². The average molecular weight is 236 g/mol. The summed E-state index contributed by atoms with van der Waals surface area (Å²) in [6.07, 6.45) is 1.61. The van der Waals surface area contributed by atoms with Gasteiger partial charge in [-0.1, -0.05) is 11.3 Å². The summed E-state index contributed by atoms with van der Waals surface area (Å²) in [5.74, 6) is 2.01. The molecule has 1 heterocycles. The van der Waals surface area contributed by atoms with Crippen molar-refractivity contribution >= 4 is 11.3 Å². The molecule has 0 spiro atoms. The van der Waals surface area contributed by atoms with E-state index < -0.39 is 0 Å². The highest BCUT2D eigenvalue weighted by molar-refractivity contribution is 7.11. The number of benzene rings is 1. The van der Waals surface area contributed by atoms with Gasteiger partial charge < -0.3 is 14.2 Å². The molecular weight excluding hydrogens is 226 g/mol. The van der Waals surface area contributed by atoms with Crippen LogP contribution in [0.15, 0.2) is 24.4 Å². The summed E-state index contributed by atoms with van der Waals surface area (Å²) in [5, 5.41) is 0.676. The van der Waals surface area contributed by atoms with E-state index in [1.54, 1.807) is 38.6 Å². The molecule has 83 valence electrons. The molecule has 0 N–H and O–H groups in total. The molecule has 4 nitrogen and oxygen atoms in total. The lowest BCUT2D eigenvalue weighted by molar-refractivity contribution is 0.387. The molecule has 0 amide bonds. The summed E-state index contributed by atoms with van der Waals surface area (Å²) in [6, 6.07) is 5.34. The molecule has 1 aromatic heterocycles. The molecule has 1 radical (unpaired) electrons. The molecule has 0 fully saturated rings. The molecule has 0 aliphatic heterocycles. The van der Waals surface area contributed by atoms with E-state index in [1.807, 2.05) is 0 Å². The van der Waals surface area contributed by atoms with Gasteiger partial charge in [0.05, 0.1) is 20.4 Å². The lowest BCUT2D eigenvalue weighted by Crippen LogP contribution is -1.89. The highest BCUT2D eigenvalue weighted by Gasteiger charge is 2.04. The summed E-state index contributed by atoms with van der Waals surface area (Å²) in [7, 11) is 3.19. The standard InChI is InChI=1S/C11H10NO3S/c1-13-8-3-9(14-2)5-10(4-8)15-11-6-12-7-16-11/h3-6H,1-2H3.